The lowest BCUT2D eigenvalue weighted by Crippen LogP contribution is -1.96. The van der Waals surface area contributed by atoms with Gasteiger partial charge in [0, 0.05) is 11.8 Å². The Balaban J connectivity index is 3.03. The van der Waals surface area contributed by atoms with E-state index in [-0.39, 0.29) is 0 Å². The zero-order chi connectivity index (χ0) is 8.97. The van der Waals surface area contributed by atoms with Gasteiger partial charge in [-0.3, -0.25) is 0 Å². The van der Waals surface area contributed by atoms with Crippen molar-refractivity contribution in [1.82, 2.24) is 9.97 Å². The van der Waals surface area contributed by atoms with Crippen molar-refractivity contribution in [3.8, 4) is 0 Å². The molecule has 0 aliphatic heterocycles. The first-order valence-electron chi connectivity index (χ1n) is 3.57. The Bertz CT molecular complexity index is 296. The summed E-state index contributed by atoms with van der Waals surface area (Å²) in [6.45, 7) is 1.93. The third kappa shape index (κ3) is 1.98. The van der Waals surface area contributed by atoms with Crippen molar-refractivity contribution in [1.29, 1.82) is 0 Å². The van der Waals surface area contributed by atoms with Gasteiger partial charge in [-0.1, -0.05) is 23.9 Å². The summed E-state index contributed by atoms with van der Waals surface area (Å²) < 4.78 is 0. The molecule has 0 amide bonds. The summed E-state index contributed by atoms with van der Waals surface area (Å²) in [5.74, 6) is 0.535. The summed E-state index contributed by atoms with van der Waals surface area (Å²) in [4.78, 5) is 8.19. The number of anilines is 1. The second-order valence-electron chi connectivity index (χ2n) is 2.20. The van der Waals surface area contributed by atoms with Crippen LogP contribution in [0.3, 0.4) is 0 Å². The van der Waals surface area contributed by atoms with E-state index in [0.717, 1.165) is 5.56 Å². The van der Waals surface area contributed by atoms with Gasteiger partial charge in [-0.25, -0.2) is 9.97 Å². The topological polar surface area (TPSA) is 51.8 Å². The molecule has 0 fully saturated rings. The average molecular weight is 181 g/mol. The maximum Gasteiger partial charge on any atom is 0.189 e. The predicted octanol–water partition coefficient (Wildman–Crippen LogP) is 1.81. The summed E-state index contributed by atoms with van der Waals surface area (Å²) in [7, 11) is 0. The molecule has 0 aliphatic carbocycles. The molecule has 1 aromatic heterocycles. The van der Waals surface area contributed by atoms with Gasteiger partial charge in [0.1, 0.15) is 5.82 Å². The Hall–Kier alpha value is -1.03. The molecule has 0 aromatic carbocycles. The molecule has 0 aliphatic rings. The molecular weight excluding hydrogens is 170 g/mol. The fourth-order valence-corrected chi connectivity index (χ4v) is 1.14. The Kier molecular flexibility index (Phi) is 3.10. The van der Waals surface area contributed by atoms with Gasteiger partial charge in [-0.05, 0) is 13.2 Å². The third-order valence-electron chi connectivity index (χ3n) is 1.35. The van der Waals surface area contributed by atoms with Gasteiger partial charge in [-0.2, -0.15) is 0 Å². The molecule has 4 heteroatoms. The number of rotatable bonds is 2. The van der Waals surface area contributed by atoms with E-state index in [1.165, 1.54) is 11.8 Å². The molecule has 12 heavy (non-hydrogen) atoms. The first-order chi connectivity index (χ1) is 5.77. The number of nitrogens with zero attached hydrogens (tertiary/aromatic N) is 2. The lowest BCUT2D eigenvalue weighted by Gasteiger charge is -1.99. The number of nitrogen functional groups attached to an aromatic ring is 1. The molecule has 1 rings (SSSR count). The first kappa shape index (κ1) is 9.06. The van der Waals surface area contributed by atoms with Gasteiger partial charge in [0.2, 0.25) is 0 Å². The van der Waals surface area contributed by atoms with Crippen molar-refractivity contribution < 1.29 is 0 Å². The molecular formula is C8H11N3S. The second kappa shape index (κ2) is 4.11. The second-order valence-corrected chi connectivity index (χ2v) is 2.97. The normalized spacial score (nSPS) is 10.8. The Morgan fingerprint density at radius 3 is 2.83 bits per heavy atom. The van der Waals surface area contributed by atoms with Crippen molar-refractivity contribution in [2.45, 2.75) is 12.1 Å². The third-order valence-corrected chi connectivity index (χ3v) is 1.92. The van der Waals surface area contributed by atoms with Crippen molar-refractivity contribution in [3.63, 3.8) is 0 Å². The highest BCUT2D eigenvalue weighted by Gasteiger charge is 1.98. The van der Waals surface area contributed by atoms with E-state index < -0.39 is 0 Å². The van der Waals surface area contributed by atoms with Crippen molar-refractivity contribution >= 4 is 23.7 Å². The SMILES string of the molecule is CC=Cc1cnc(SC)nc1N. The van der Waals surface area contributed by atoms with Crippen LogP contribution in [-0.4, -0.2) is 16.2 Å². The molecule has 1 heterocycles. The first-order valence-corrected chi connectivity index (χ1v) is 4.79. The quantitative estimate of drug-likeness (QED) is 0.558. The number of allylic oxidation sites excluding steroid dienone is 1. The Morgan fingerprint density at radius 1 is 1.58 bits per heavy atom. The van der Waals surface area contributed by atoms with E-state index in [0.29, 0.717) is 11.0 Å². The lowest BCUT2D eigenvalue weighted by atomic mass is 10.3. The van der Waals surface area contributed by atoms with E-state index in [1.54, 1.807) is 6.20 Å². The molecule has 3 nitrogen and oxygen atoms in total. The smallest absolute Gasteiger partial charge is 0.189 e. The van der Waals surface area contributed by atoms with Gasteiger partial charge in [0.15, 0.2) is 5.16 Å². The molecule has 1 aromatic rings. The van der Waals surface area contributed by atoms with Crippen LogP contribution in [-0.2, 0) is 0 Å². The van der Waals surface area contributed by atoms with Crippen LogP contribution < -0.4 is 5.73 Å². The van der Waals surface area contributed by atoms with Crippen LogP contribution in [0, 0.1) is 0 Å². The largest absolute Gasteiger partial charge is 0.383 e. The maximum atomic E-state index is 5.67. The summed E-state index contributed by atoms with van der Waals surface area (Å²) in [5.41, 5.74) is 6.54. The van der Waals surface area contributed by atoms with Gasteiger partial charge >= 0.3 is 0 Å². The fourth-order valence-electron chi connectivity index (χ4n) is 0.794. The van der Waals surface area contributed by atoms with Crippen LogP contribution in [0.25, 0.3) is 6.08 Å². The molecule has 0 spiro atoms. The molecule has 2 N–H and O–H groups in total. The highest BCUT2D eigenvalue weighted by Crippen LogP contribution is 2.14. The van der Waals surface area contributed by atoms with Crippen LogP contribution in [0.4, 0.5) is 5.82 Å². The molecule has 0 saturated heterocycles. The van der Waals surface area contributed by atoms with Crippen molar-refractivity contribution in [2.24, 2.45) is 0 Å². The van der Waals surface area contributed by atoms with Crippen molar-refractivity contribution in [2.75, 3.05) is 12.0 Å². The number of thioether (sulfide) groups is 1. The Morgan fingerprint density at radius 2 is 2.33 bits per heavy atom. The van der Waals surface area contributed by atoms with Crippen LogP contribution in [0.1, 0.15) is 12.5 Å². The predicted molar refractivity (Wildman–Crippen MR) is 52.9 cm³/mol. The van der Waals surface area contributed by atoms with Gasteiger partial charge < -0.3 is 5.73 Å². The lowest BCUT2D eigenvalue weighted by molar-refractivity contribution is 0.975. The van der Waals surface area contributed by atoms with Gasteiger partial charge in [-0.15, -0.1) is 0 Å². The molecule has 0 atom stereocenters. The van der Waals surface area contributed by atoms with E-state index in [4.69, 9.17) is 5.73 Å². The highest BCUT2D eigenvalue weighted by atomic mass is 32.2. The van der Waals surface area contributed by atoms with Crippen molar-refractivity contribution in [3.05, 3.63) is 17.8 Å². The molecule has 0 saturated carbocycles. The van der Waals surface area contributed by atoms with Gasteiger partial charge in [0.05, 0.1) is 0 Å². The standard InChI is InChI=1S/C8H11N3S/c1-3-4-6-5-10-8(12-2)11-7(6)9/h3-5H,1-2H3,(H2,9,10,11). The molecule has 0 unspecified atom stereocenters. The van der Waals surface area contributed by atoms with E-state index in [1.807, 2.05) is 25.3 Å². The van der Waals surface area contributed by atoms with Crippen LogP contribution in [0.15, 0.2) is 17.4 Å². The minimum Gasteiger partial charge on any atom is -0.383 e. The zero-order valence-corrected chi connectivity index (χ0v) is 7.93. The molecule has 0 radical (unpaired) electrons. The molecule has 64 valence electrons. The number of aromatic nitrogens is 2. The minimum atomic E-state index is 0.535. The van der Waals surface area contributed by atoms with Crippen LogP contribution in [0.2, 0.25) is 0 Å². The number of nitrogens with two attached hydrogens (primary N) is 1. The average Bonchev–Trinajstić information content (AvgIpc) is 2.09. The van der Waals surface area contributed by atoms with E-state index in [2.05, 4.69) is 9.97 Å². The zero-order valence-electron chi connectivity index (χ0n) is 7.11. The fraction of sp³-hybridized carbons (Fsp3) is 0.250. The summed E-state index contributed by atoms with van der Waals surface area (Å²) in [6, 6.07) is 0. The highest BCUT2D eigenvalue weighted by molar-refractivity contribution is 7.98. The van der Waals surface area contributed by atoms with Gasteiger partial charge in [0.25, 0.3) is 0 Å². The summed E-state index contributed by atoms with van der Waals surface area (Å²) in [6.07, 6.45) is 7.45. The van der Waals surface area contributed by atoms with Crippen LogP contribution in [0.5, 0.6) is 0 Å². The van der Waals surface area contributed by atoms with E-state index in [9.17, 15) is 0 Å². The molecule has 0 bridgehead atoms. The summed E-state index contributed by atoms with van der Waals surface area (Å²) >= 11 is 1.48. The summed E-state index contributed by atoms with van der Waals surface area (Å²) in [5, 5.41) is 0.709. The van der Waals surface area contributed by atoms with Crippen LogP contribution >= 0.6 is 11.8 Å². The van der Waals surface area contributed by atoms with E-state index >= 15 is 0 Å². The Labute approximate surface area is 76.1 Å². The monoisotopic (exact) mass is 181 g/mol. The maximum absolute atomic E-state index is 5.67. The minimum absolute atomic E-state index is 0.535. The number of hydrogen-bond acceptors (Lipinski definition) is 4. The number of hydrogen-bond donors (Lipinski definition) is 1.